The van der Waals surface area contributed by atoms with Crippen LogP contribution in [0.25, 0.3) is 0 Å². The van der Waals surface area contributed by atoms with Crippen LogP contribution >= 0.6 is 0 Å². The van der Waals surface area contributed by atoms with E-state index in [1.807, 2.05) is 34.3 Å². The van der Waals surface area contributed by atoms with Crippen molar-refractivity contribution in [3.63, 3.8) is 0 Å². The maximum Gasteiger partial charge on any atom is 0.157 e. The van der Waals surface area contributed by atoms with Crippen molar-refractivity contribution in [3.05, 3.63) is 11.9 Å². The molecule has 0 rings (SSSR count). The van der Waals surface area contributed by atoms with E-state index in [0.29, 0.717) is 5.70 Å². The van der Waals surface area contributed by atoms with Gasteiger partial charge in [-0.05, 0) is 0 Å². The Morgan fingerprint density at radius 3 is 2.17 bits per heavy atom. The molecule has 0 amide bonds. The summed E-state index contributed by atoms with van der Waals surface area (Å²) in [5.41, 5.74) is 0.397. The van der Waals surface area contributed by atoms with Crippen LogP contribution in [0.1, 0.15) is 0 Å². The highest BCUT2D eigenvalue weighted by atomic mass is 15.1. The molecule has 0 radical (unpaired) electrons. The Labute approximate surface area is 73.4 Å². The summed E-state index contributed by atoms with van der Waals surface area (Å²) in [6.45, 7) is 0. The number of hydrogen-bond donors (Lipinski definition) is 0. The molecule has 0 aromatic carbocycles. The third-order valence-electron chi connectivity index (χ3n) is 0.923. The van der Waals surface area contributed by atoms with Gasteiger partial charge >= 0.3 is 0 Å². The number of hydrogen-bond acceptors (Lipinski definition) is 3. The second-order valence-electron chi connectivity index (χ2n) is 2.80. The minimum Gasteiger partial charge on any atom is -0.381 e. The highest BCUT2D eigenvalue weighted by Crippen LogP contribution is 1.94. The molecule has 12 heavy (non-hydrogen) atoms. The maximum atomic E-state index is 8.61. The fraction of sp³-hybridized carbons (Fsp3) is 0.500. The van der Waals surface area contributed by atoms with Gasteiger partial charge in [0.05, 0.1) is 6.34 Å². The van der Waals surface area contributed by atoms with Crippen molar-refractivity contribution in [2.24, 2.45) is 4.99 Å². The van der Waals surface area contributed by atoms with Crippen molar-refractivity contribution in [2.45, 2.75) is 0 Å². The van der Waals surface area contributed by atoms with Crippen LogP contribution in [0, 0.1) is 11.3 Å². The van der Waals surface area contributed by atoms with Gasteiger partial charge in [-0.3, -0.25) is 0 Å². The molecule has 0 heterocycles. The van der Waals surface area contributed by atoms with E-state index in [1.165, 1.54) is 0 Å². The van der Waals surface area contributed by atoms with Gasteiger partial charge in [-0.15, -0.1) is 0 Å². The first-order valence-electron chi connectivity index (χ1n) is 3.55. The van der Waals surface area contributed by atoms with E-state index in [1.54, 1.807) is 22.3 Å². The van der Waals surface area contributed by atoms with Crippen molar-refractivity contribution >= 4 is 6.34 Å². The van der Waals surface area contributed by atoms with Crippen LogP contribution in [0.3, 0.4) is 0 Å². The zero-order valence-corrected chi connectivity index (χ0v) is 7.94. The average Bonchev–Trinajstić information content (AvgIpc) is 1.97. The molecule has 0 bridgehead atoms. The molecule has 0 atom stereocenters. The number of aliphatic imine (C=N–C) groups is 1. The van der Waals surface area contributed by atoms with E-state index in [2.05, 4.69) is 4.99 Å². The van der Waals surface area contributed by atoms with Crippen molar-refractivity contribution in [1.82, 2.24) is 9.80 Å². The largest absolute Gasteiger partial charge is 0.381 e. The second-order valence-corrected chi connectivity index (χ2v) is 2.80. The number of nitriles is 1. The fourth-order valence-electron chi connectivity index (χ4n) is 0.513. The summed E-state index contributed by atoms with van der Waals surface area (Å²) in [7, 11) is 7.41. The van der Waals surface area contributed by atoms with Gasteiger partial charge in [-0.25, -0.2) is 4.99 Å². The van der Waals surface area contributed by atoms with Gasteiger partial charge in [0, 0.05) is 34.4 Å². The van der Waals surface area contributed by atoms with E-state index >= 15 is 0 Å². The Bertz CT molecular complexity index is 220. The summed E-state index contributed by atoms with van der Waals surface area (Å²) in [6.07, 6.45) is 3.26. The summed E-state index contributed by atoms with van der Waals surface area (Å²) in [5.74, 6) is 0. The van der Waals surface area contributed by atoms with E-state index in [0.717, 1.165) is 0 Å². The number of nitrogens with zero attached hydrogens (tertiary/aromatic N) is 4. The predicted octanol–water partition coefficient (Wildman–Crippen LogP) is 0.503. The highest BCUT2D eigenvalue weighted by Gasteiger charge is 1.90. The van der Waals surface area contributed by atoms with Gasteiger partial charge in [0.2, 0.25) is 0 Å². The molecule has 0 aromatic rings. The SMILES string of the molecule is CN(C)C=N/C(C#N)=C/N(C)C. The highest BCUT2D eigenvalue weighted by molar-refractivity contribution is 5.56. The molecule has 0 aliphatic rings. The average molecular weight is 166 g/mol. The van der Waals surface area contributed by atoms with Crippen LogP contribution in [0.4, 0.5) is 0 Å². The third-order valence-corrected chi connectivity index (χ3v) is 0.923. The molecule has 0 saturated heterocycles. The van der Waals surface area contributed by atoms with E-state index in [-0.39, 0.29) is 0 Å². The van der Waals surface area contributed by atoms with Gasteiger partial charge in [-0.1, -0.05) is 0 Å². The molecule has 0 aromatic heterocycles. The zero-order valence-electron chi connectivity index (χ0n) is 7.94. The first-order chi connectivity index (χ1) is 5.56. The van der Waals surface area contributed by atoms with Crippen LogP contribution in [0.2, 0.25) is 0 Å². The van der Waals surface area contributed by atoms with Crippen molar-refractivity contribution in [2.75, 3.05) is 28.2 Å². The Balaban J connectivity index is 4.30. The normalized spacial score (nSPS) is 11.4. The Hall–Kier alpha value is -1.50. The third kappa shape index (κ3) is 5.30. The molecule has 0 N–H and O–H groups in total. The van der Waals surface area contributed by atoms with Crippen LogP contribution in [-0.2, 0) is 0 Å². The van der Waals surface area contributed by atoms with Crippen LogP contribution in [0.15, 0.2) is 16.9 Å². The van der Waals surface area contributed by atoms with Crippen LogP contribution < -0.4 is 0 Å². The van der Waals surface area contributed by atoms with E-state index in [9.17, 15) is 0 Å². The molecule has 66 valence electrons. The summed E-state index contributed by atoms with van der Waals surface area (Å²) in [4.78, 5) is 7.50. The minimum atomic E-state index is 0.397. The topological polar surface area (TPSA) is 42.6 Å². The molecular formula is C8H14N4. The van der Waals surface area contributed by atoms with Gasteiger partial charge in [-0.2, -0.15) is 5.26 Å². The summed E-state index contributed by atoms with van der Waals surface area (Å²) in [5, 5.41) is 8.61. The molecule has 0 unspecified atom stereocenters. The van der Waals surface area contributed by atoms with Crippen molar-refractivity contribution < 1.29 is 0 Å². The lowest BCUT2D eigenvalue weighted by molar-refractivity contribution is 0.559. The lowest BCUT2D eigenvalue weighted by atomic mass is 10.5. The Morgan fingerprint density at radius 2 is 1.83 bits per heavy atom. The van der Waals surface area contributed by atoms with E-state index in [4.69, 9.17) is 5.26 Å². The number of allylic oxidation sites excluding steroid dienone is 1. The second kappa shape index (κ2) is 5.19. The monoisotopic (exact) mass is 166 g/mol. The van der Waals surface area contributed by atoms with Gasteiger partial charge in [0.1, 0.15) is 6.07 Å². The smallest absolute Gasteiger partial charge is 0.157 e. The molecule has 0 saturated carbocycles. The zero-order chi connectivity index (χ0) is 9.56. The van der Waals surface area contributed by atoms with Crippen LogP contribution in [-0.4, -0.2) is 44.3 Å². The molecule has 0 aliphatic heterocycles. The standard InChI is InChI=1S/C8H14N4/c1-11(2)6-8(5-9)10-7-12(3)4/h6-7H,1-4H3/b8-6+,10-7?. The fourth-order valence-corrected chi connectivity index (χ4v) is 0.513. The molecule has 4 nitrogen and oxygen atoms in total. The molecule has 0 spiro atoms. The summed E-state index contributed by atoms with van der Waals surface area (Å²) in [6, 6.07) is 1.98. The van der Waals surface area contributed by atoms with Gasteiger partial charge in [0.25, 0.3) is 0 Å². The molecule has 0 fully saturated rings. The quantitative estimate of drug-likeness (QED) is 0.348. The number of rotatable bonds is 3. The first-order valence-corrected chi connectivity index (χ1v) is 3.55. The molecule has 0 aliphatic carbocycles. The predicted molar refractivity (Wildman–Crippen MR) is 49.6 cm³/mol. The van der Waals surface area contributed by atoms with Gasteiger partial charge in [0.15, 0.2) is 5.70 Å². The Kier molecular flexibility index (Phi) is 4.54. The minimum absolute atomic E-state index is 0.397. The lowest BCUT2D eigenvalue weighted by Crippen LogP contribution is -2.08. The van der Waals surface area contributed by atoms with Crippen molar-refractivity contribution in [3.8, 4) is 6.07 Å². The molecular weight excluding hydrogens is 152 g/mol. The molecule has 4 heteroatoms. The van der Waals surface area contributed by atoms with Gasteiger partial charge < -0.3 is 9.80 Å². The van der Waals surface area contributed by atoms with Crippen LogP contribution in [0.5, 0.6) is 0 Å². The first kappa shape index (κ1) is 10.5. The van der Waals surface area contributed by atoms with Crippen molar-refractivity contribution in [1.29, 1.82) is 5.26 Å². The maximum absolute atomic E-state index is 8.61. The lowest BCUT2D eigenvalue weighted by Gasteiger charge is -2.04. The Morgan fingerprint density at radius 1 is 1.25 bits per heavy atom. The summed E-state index contributed by atoms with van der Waals surface area (Å²) >= 11 is 0. The van der Waals surface area contributed by atoms with E-state index < -0.39 is 0 Å². The summed E-state index contributed by atoms with van der Waals surface area (Å²) < 4.78 is 0.